The minimum absolute atomic E-state index is 0.137. The highest BCUT2D eigenvalue weighted by Crippen LogP contribution is 2.25. The molecule has 0 saturated carbocycles. The number of benzene rings is 1. The molecule has 0 bridgehead atoms. The number of rotatable bonds is 5. The van der Waals surface area contributed by atoms with Crippen LogP contribution < -0.4 is 5.32 Å². The number of halogens is 1. The van der Waals surface area contributed by atoms with Gasteiger partial charge >= 0.3 is 0 Å². The Hall–Kier alpha value is -2.70. The summed E-state index contributed by atoms with van der Waals surface area (Å²) in [4.78, 5) is 12.0. The highest BCUT2D eigenvalue weighted by Gasteiger charge is 2.14. The number of amides is 1. The topological polar surface area (TPSA) is 83.6 Å². The number of thioether (sulfide) groups is 1. The van der Waals surface area contributed by atoms with Gasteiger partial charge in [0, 0.05) is 12.6 Å². The van der Waals surface area contributed by atoms with Crippen LogP contribution in [0.15, 0.2) is 40.9 Å². The quantitative estimate of drug-likeness (QED) is 0.694. The van der Waals surface area contributed by atoms with Crippen LogP contribution in [0.2, 0.25) is 0 Å². The zero-order valence-corrected chi connectivity index (χ0v) is 14.7. The van der Waals surface area contributed by atoms with E-state index in [4.69, 9.17) is 5.26 Å². The third-order valence-corrected chi connectivity index (χ3v) is 5.16. The van der Waals surface area contributed by atoms with Gasteiger partial charge in [-0.15, -0.1) is 21.5 Å². The predicted octanol–water partition coefficient (Wildman–Crippen LogP) is 3.29. The third-order valence-electron chi connectivity index (χ3n) is 3.31. The summed E-state index contributed by atoms with van der Waals surface area (Å²) in [7, 11) is 1.78. The Kier molecular flexibility index (Phi) is 5.11. The molecule has 6 nitrogen and oxygen atoms in total. The molecule has 1 aromatic carbocycles. The first-order valence-corrected chi connectivity index (χ1v) is 9.00. The van der Waals surface area contributed by atoms with Gasteiger partial charge in [0.05, 0.1) is 11.3 Å². The lowest BCUT2D eigenvalue weighted by atomic mass is 10.2. The molecule has 0 aliphatic carbocycles. The van der Waals surface area contributed by atoms with Crippen LogP contribution in [-0.4, -0.2) is 26.4 Å². The molecule has 9 heteroatoms. The van der Waals surface area contributed by atoms with E-state index in [-0.39, 0.29) is 17.5 Å². The molecule has 25 heavy (non-hydrogen) atoms. The lowest BCUT2D eigenvalue weighted by Crippen LogP contribution is -2.14. The van der Waals surface area contributed by atoms with Gasteiger partial charge in [0.2, 0.25) is 5.91 Å². The second-order valence-electron chi connectivity index (χ2n) is 4.98. The summed E-state index contributed by atoms with van der Waals surface area (Å²) in [6.07, 6.45) is 0. The van der Waals surface area contributed by atoms with Gasteiger partial charge in [0.15, 0.2) is 11.0 Å². The molecule has 2 aromatic heterocycles. The van der Waals surface area contributed by atoms with Crippen molar-refractivity contribution in [3.8, 4) is 17.5 Å². The molecule has 0 atom stereocenters. The highest BCUT2D eigenvalue weighted by atomic mass is 32.2. The van der Waals surface area contributed by atoms with Gasteiger partial charge in [0.25, 0.3) is 0 Å². The van der Waals surface area contributed by atoms with Gasteiger partial charge in [-0.2, -0.15) is 5.26 Å². The van der Waals surface area contributed by atoms with Crippen molar-refractivity contribution < 1.29 is 9.18 Å². The molecule has 0 radical (unpaired) electrons. The van der Waals surface area contributed by atoms with E-state index in [1.165, 1.54) is 35.2 Å². The lowest BCUT2D eigenvalue weighted by molar-refractivity contribution is -0.113. The fraction of sp³-hybridized carbons (Fsp3) is 0.125. The van der Waals surface area contributed by atoms with Crippen molar-refractivity contribution in [2.24, 2.45) is 7.05 Å². The zero-order valence-electron chi connectivity index (χ0n) is 13.1. The standard InChI is InChI=1S/C16H12FN5OS2/c1-22-14(10-2-4-12(17)5-3-10)20-21-16(22)25-9-13(23)19-15-11(8-18)6-7-24-15/h2-7H,9H2,1H3,(H,19,23). The minimum Gasteiger partial charge on any atom is -0.316 e. The first kappa shape index (κ1) is 17.1. The first-order chi connectivity index (χ1) is 12.1. The molecule has 2 heterocycles. The van der Waals surface area contributed by atoms with Crippen LogP contribution in [0, 0.1) is 17.1 Å². The highest BCUT2D eigenvalue weighted by molar-refractivity contribution is 7.99. The van der Waals surface area contributed by atoms with Crippen LogP contribution in [0.3, 0.4) is 0 Å². The van der Waals surface area contributed by atoms with Crippen molar-refractivity contribution >= 4 is 34.0 Å². The Balaban J connectivity index is 1.65. The zero-order chi connectivity index (χ0) is 17.8. The molecule has 3 aromatic rings. The lowest BCUT2D eigenvalue weighted by Gasteiger charge is -2.05. The van der Waals surface area contributed by atoms with Crippen molar-refractivity contribution in [1.29, 1.82) is 5.26 Å². The SMILES string of the molecule is Cn1c(SCC(=O)Nc2sccc2C#N)nnc1-c1ccc(F)cc1. The third kappa shape index (κ3) is 3.87. The van der Waals surface area contributed by atoms with E-state index in [0.717, 1.165) is 5.56 Å². The summed E-state index contributed by atoms with van der Waals surface area (Å²) >= 11 is 2.54. The molecule has 0 unspecified atom stereocenters. The molecule has 0 aliphatic rings. The summed E-state index contributed by atoms with van der Waals surface area (Å²) in [5.74, 6) is 0.184. The van der Waals surface area contributed by atoms with Gasteiger partial charge in [-0.1, -0.05) is 11.8 Å². The number of hydrogen-bond acceptors (Lipinski definition) is 6. The molecular weight excluding hydrogens is 361 g/mol. The van der Waals surface area contributed by atoms with Crippen LogP contribution >= 0.6 is 23.1 Å². The Labute approximate surface area is 151 Å². The number of nitrogens with zero attached hydrogens (tertiary/aromatic N) is 4. The van der Waals surface area contributed by atoms with E-state index >= 15 is 0 Å². The van der Waals surface area contributed by atoms with E-state index in [9.17, 15) is 9.18 Å². The van der Waals surface area contributed by atoms with E-state index in [1.807, 2.05) is 6.07 Å². The summed E-state index contributed by atoms with van der Waals surface area (Å²) in [5, 5.41) is 22.7. The number of anilines is 1. The van der Waals surface area contributed by atoms with Crippen molar-refractivity contribution in [3.63, 3.8) is 0 Å². The Bertz CT molecular complexity index is 942. The van der Waals surface area contributed by atoms with Gasteiger partial charge in [0.1, 0.15) is 16.9 Å². The summed E-state index contributed by atoms with van der Waals surface area (Å²) in [6, 6.07) is 9.65. The summed E-state index contributed by atoms with van der Waals surface area (Å²) in [6.45, 7) is 0. The van der Waals surface area contributed by atoms with Gasteiger partial charge in [-0.25, -0.2) is 4.39 Å². The van der Waals surface area contributed by atoms with Crippen molar-refractivity contribution in [2.75, 3.05) is 11.1 Å². The van der Waals surface area contributed by atoms with Gasteiger partial charge in [-0.3, -0.25) is 4.79 Å². The van der Waals surface area contributed by atoms with Crippen molar-refractivity contribution in [1.82, 2.24) is 14.8 Å². The molecule has 126 valence electrons. The van der Waals surface area contributed by atoms with E-state index < -0.39 is 0 Å². The number of carbonyl (C=O) groups is 1. The van der Waals surface area contributed by atoms with E-state index in [2.05, 4.69) is 15.5 Å². The van der Waals surface area contributed by atoms with Crippen LogP contribution in [0.5, 0.6) is 0 Å². The monoisotopic (exact) mass is 373 g/mol. The number of thiophene rings is 1. The fourth-order valence-corrected chi connectivity index (χ4v) is 3.54. The van der Waals surface area contributed by atoms with Gasteiger partial charge < -0.3 is 9.88 Å². The number of hydrogen-bond donors (Lipinski definition) is 1. The average Bonchev–Trinajstić information content (AvgIpc) is 3.20. The van der Waals surface area contributed by atoms with Gasteiger partial charge in [-0.05, 0) is 35.7 Å². The maximum absolute atomic E-state index is 13.0. The number of aromatic nitrogens is 3. The van der Waals surface area contributed by atoms with Crippen molar-refractivity contribution in [3.05, 3.63) is 47.1 Å². The van der Waals surface area contributed by atoms with Crippen LogP contribution in [0.4, 0.5) is 9.39 Å². The van der Waals surface area contributed by atoms with Crippen LogP contribution in [0.1, 0.15) is 5.56 Å². The summed E-state index contributed by atoms with van der Waals surface area (Å²) < 4.78 is 14.8. The average molecular weight is 373 g/mol. The molecule has 1 N–H and O–H groups in total. The minimum atomic E-state index is -0.317. The largest absolute Gasteiger partial charge is 0.316 e. The van der Waals surface area contributed by atoms with Crippen LogP contribution in [0.25, 0.3) is 11.4 Å². The maximum atomic E-state index is 13.0. The molecular formula is C16H12FN5OS2. The second-order valence-corrected chi connectivity index (χ2v) is 6.84. The van der Waals surface area contributed by atoms with E-state index in [0.29, 0.717) is 21.5 Å². The maximum Gasteiger partial charge on any atom is 0.235 e. The Morgan fingerprint density at radius 3 is 2.84 bits per heavy atom. The molecule has 0 fully saturated rings. The Morgan fingerprint density at radius 2 is 2.12 bits per heavy atom. The fourth-order valence-electron chi connectivity index (χ4n) is 2.08. The number of nitriles is 1. The summed E-state index contributed by atoms with van der Waals surface area (Å²) in [5.41, 5.74) is 1.19. The smallest absolute Gasteiger partial charge is 0.235 e. The molecule has 0 saturated heterocycles. The Morgan fingerprint density at radius 1 is 1.36 bits per heavy atom. The van der Waals surface area contributed by atoms with Crippen molar-refractivity contribution in [2.45, 2.75) is 5.16 Å². The van der Waals surface area contributed by atoms with E-state index in [1.54, 1.807) is 35.2 Å². The molecule has 0 spiro atoms. The number of nitrogens with one attached hydrogen (secondary N) is 1. The predicted molar refractivity (Wildman–Crippen MR) is 94.8 cm³/mol. The normalized spacial score (nSPS) is 10.4. The molecule has 3 rings (SSSR count). The first-order valence-electron chi connectivity index (χ1n) is 7.14. The van der Waals surface area contributed by atoms with Crippen LogP contribution in [-0.2, 0) is 11.8 Å². The number of carbonyl (C=O) groups excluding carboxylic acids is 1. The molecule has 1 amide bonds. The second kappa shape index (κ2) is 7.46. The molecule has 0 aliphatic heterocycles.